The highest BCUT2D eigenvalue weighted by Crippen LogP contribution is 2.16. The molecule has 1 aromatic heterocycles. The standard InChI is InChI=1S/C20H23N2O3/c1-14(23)16-8-10-18(11-9-16)25-13-17(24)12-22-15(2)21(3)19-6-4-5-7-20(19)22/h4-11,17,24H,12-13H2,1-3H3/q+1. The van der Waals surface area contributed by atoms with Crippen molar-refractivity contribution in [3.05, 3.63) is 59.9 Å². The number of aromatic nitrogens is 2. The van der Waals surface area contributed by atoms with Crippen LogP contribution < -0.4 is 9.30 Å². The highest BCUT2D eigenvalue weighted by Gasteiger charge is 2.21. The fraction of sp³-hybridized carbons (Fsp3) is 0.300. The zero-order valence-corrected chi connectivity index (χ0v) is 14.8. The zero-order chi connectivity index (χ0) is 18.0. The summed E-state index contributed by atoms with van der Waals surface area (Å²) in [4.78, 5) is 11.3. The van der Waals surface area contributed by atoms with E-state index in [1.54, 1.807) is 24.3 Å². The lowest BCUT2D eigenvalue weighted by atomic mass is 10.1. The number of hydrogen-bond acceptors (Lipinski definition) is 3. The van der Waals surface area contributed by atoms with E-state index in [0.29, 0.717) is 17.9 Å². The first kappa shape index (κ1) is 17.2. The third kappa shape index (κ3) is 3.56. The van der Waals surface area contributed by atoms with Crippen LogP contribution in [0.5, 0.6) is 5.75 Å². The van der Waals surface area contributed by atoms with Gasteiger partial charge in [0.15, 0.2) is 16.8 Å². The molecule has 5 nitrogen and oxygen atoms in total. The van der Waals surface area contributed by atoms with Gasteiger partial charge in [0.05, 0.1) is 7.05 Å². The molecule has 1 unspecified atom stereocenters. The summed E-state index contributed by atoms with van der Waals surface area (Å²) >= 11 is 0. The second-order valence-corrected chi connectivity index (χ2v) is 6.25. The Morgan fingerprint density at radius 3 is 2.56 bits per heavy atom. The molecule has 0 bridgehead atoms. The van der Waals surface area contributed by atoms with E-state index in [4.69, 9.17) is 4.74 Å². The van der Waals surface area contributed by atoms with Crippen molar-refractivity contribution in [1.82, 2.24) is 4.57 Å². The molecule has 2 aromatic carbocycles. The molecule has 1 heterocycles. The fourth-order valence-corrected chi connectivity index (χ4v) is 2.98. The average molecular weight is 339 g/mol. The monoisotopic (exact) mass is 339 g/mol. The highest BCUT2D eigenvalue weighted by atomic mass is 16.5. The second kappa shape index (κ2) is 7.07. The summed E-state index contributed by atoms with van der Waals surface area (Å²) in [7, 11) is 2.02. The number of hydrogen-bond donors (Lipinski definition) is 1. The lowest BCUT2D eigenvalue weighted by Crippen LogP contribution is -2.32. The van der Waals surface area contributed by atoms with Gasteiger partial charge in [0.2, 0.25) is 0 Å². The van der Waals surface area contributed by atoms with Crippen molar-refractivity contribution in [2.24, 2.45) is 7.05 Å². The third-order valence-corrected chi connectivity index (χ3v) is 4.51. The number of aliphatic hydroxyl groups excluding tert-OH is 1. The molecule has 3 aromatic rings. The van der Waals surface area contributed by atoms with E-state index in [-0.39, 0.29) is 12.4 Å². The Morgan fingerprint density at radius 1 is 1.20 bits per heavy atom. The molecule has 3 rings (SSSR count). The summed E-state index contributed by atoms with van der Waals surface area (Å²) in [6.45, 7) is 4.21. The Balaban J connectivity index is 1.68. The molecule has 0 fully saturated rings. The molecule has 130 valence electrons. The molecule has 0 amide bonds. The van der Waals surface area contributed by atoms with Crippen molar-refractivity contribution in [2.45, 2.75) is 26.5 Å². The smallest absolute Gasteiger partial charge is 0.254 e. The number of para-hydroxylation sites is 2. The van der Waals surface area contributed by atoms with Crippen molar-refractivity contribution >= 4 is 16.8 Å². The summed E-state index contributed by atoms with van der Waals surface area (Å²) in [5, 5.41) is 10.4. The van der Waals surface area contributed by atoms with Crippen LogP contribution in [0.4, 0.5) is 0 Å². The number of Topliss-reactive ketones (excluding diaryl/α,β-unsaturated/α-hetero) is 1. The van der Waals surface area contributed by atoms with Crippen molar-refractivity contribution in [3.8, 4) is 5.75 Å². The van der Waals surface area contributed by atoms with Gasteiger partial charge in [0.1, 0.15) is 25.0 Å². The van der Waals surface area contributed by atoms with E-state index in [1.165, 1.54) is 6.92 Å². The van der Waals surface area contributed by atoms with Gasteiger partial charge >= 0.3 is 0 Å². The molecule has 0 saturated heterocycles. The van der Waals surface area contributed by atoms with Crippen LogP contribution in [-0.4, -0.2) is 28.2 Å². The van der Waals surface area contributed by atoms with Crippen molar-refractivity contribution in [2.75, 3.05) is 6.61 Å². The zero-order valence-electron chi connectivity index (χ0n) is 14.8. The maximum Gasteiger partial charge on any atom is 0.254 e. The van der Waals surface area contributed by atoms with Gasteiger partial charge in [-0.15, -0.1) is 0 Å². The van der Waals surface area contributed by atoms with E-state index >= 15 is 0 Å². The van der Waals surface area contributed by atoms with Crippen LogP contribution in [0.25, 0.3) is 11.0 Å². The molecule has 1 atom stereocenters. The van der Waals surface area contributed by atoms with Crippen molar-refractivity contribution in [1.29, 1.82) is 0 Å². The summed E-state index contributed by atoms with van der Waals surface area (Å²) in [6.07, 6.45) is -0.637. The van der Waals surface area contributed by atoms with Gasteiger partial charge in [0, 0.05) is 12.5 Å². The van der Waals surface area contributed by atoms with E-state index in [0.717, 1.165) is 16.9 Å². The first-order chi connectivity index (χ1) is 12.0. The van der Waals surface area contributed by atoms with Crippen LogP contribution in [0.1, 0.15) is 23.1 Å². The molecule has 1 N–H and O–H groups in total. The van der Waals surface area contributed by atoms with Crippen LogP contribution in [0.15, 0.2) is 48.5 Å². The summed E-state index contributed by atoms with van der Waals surface area (Å²) in [5.41, 5.74) is 2.87. The van der Waals surface area contributed by atoms with Gasteiger partial charge < -0.3 is 9.84 Å². The van der Waals surface area contributed by atoms with Crippen molar-refractivity contribution < 1.29 is 19.2 Å². The molecular weight excluding hydrogens is 316 g/mol. The van der Waals surface area contributed by atoms with Crippen LogP contribution in [0.3, 0.4) is 0 Å². The maximum absolute atomic E-state index is 11.3. The third-order valence-electron chi connectivity index (χ3n) is 4.51. The number of benzene rings is 2. The van der Waals surface area contributed by atoms with Gasteiger partial charge in [-0.05, 0) is 43.3 Å². The van der Waals surface area contributed by atoms with Crippen LogP contribution in [0.2, 0.25) is 0 Å². The summed E-state index contributed by atoms with van der Waals surface area (Å²) < 4.78 is 9.87. The number of nitrogens with zero attached hydrogens (tertiary/aromatic N) is 2. The minimum atomic E-state index is -0.637. The fourth-order valence-electron chi connectivity index (χ4n) is 2.98. The minimum Gasteiger partial charge on any atom is -0.491 e. The topological polar surface area (TPSA) is 55.3 Å². The molecule has 0 radical (unpaired) electrons. The Labute approximate surface area is 147 Å². The Bertz CT molecular complexity index is 897. The van der Waals surface area contributed by atoms with Gasteiger partial charge in [-0.3, -0.25) is 4.79 Å². The number of imidazole rings is 1. The first-order valence-electron chi connectivity index (χ1n) is 8.33. The highest BCUT2D eigenvalue weighted by molar-refractivity contribution is 5.94. The predicted molar refractivity (Wildman–Crippen MR) is 95.8 cm³/mol. The largest absolute Gasteiger partial charge is 0.491 e. The molecule has 0 aliphatic carbocycles. The van der Waals surface area contributed by atoms with E-state index in [9.17, 15) is 9.90 Å². The number of rotatable bonds is 6. The molecule has 0 saturated carbocycles. The van der Waals surface area contributed by atoms with Crippen LogP contribution >= 0.6 is 0 Å². The number of carbonyl (C=O) groups excluding carboxylic acids is 1. The average Bonchev–Trinajstić information content (AvgIpc) is 2.85. The normalized spacial score (nSPS) is 12.3. The number of carbonyl (C=O) groups is 1. The number of aliphatic hydroxyl groups is 1. The first-order valence-corrected chi connectivity index (χ1v) is 8.33. The predicted octanol–water partition coefficient (Wildman–Crippen LogP) is 2.42. The number of ether oxygens (including phenoxy) is 1. The molecular formula is C20H23N2O3+. The van der Waals surface area contributed by atoms with E-state index < -0.39 is 6.10 Å². The number of aryl methyl sites for hydroxylation is 1. The summed E-state index contributed by atoms with van der Waals surface area (Å²) in [5.74, 6) is 1.74. The Hall–Kier alpha value is -2.66. The number of ketones is 1. The maximum atomic E-state index is 11.3. The van der Waals surface area contributed by atoms with Gasteiger partial charge in [-0.2, -0.15) is 0 Å². The van der Waals surface area contributed by atoms with E-state index in [1.807, 2.05) is 26.1 Å². The van der Waals surface area contributed by atoms with Gasteiger partial charge in [0.25, 0.3) is 5.82 Å². The lowest BCUT2D eigenvalue weighted by Gasteiger charge is -2.12. The van der Waals surface area contributed by atoms with Gasteiger partial charge in [-0.1, -0.05) is 12.1 Å². The summed E-state index contributed by atoms with van der Waals surface area (Å²) in [6, 6.07) is 15.1. The lowest BCUT2D eigenvalue weighted by molar-refractivity contribution is -0.652. The molecule has 0 aliphatic heterocycles. The molecule has 0 aliphatic rings. The molecule has 0 spiro atoms. The Kier molecular flexibility index (Phi) is 4.86. The second-order valence-electron chi connectivity index (χ2n) is 6.25. The molecule has 5 heteroatoms. The van der Waals surface area contributed by atoms with Crippen LogP contribution in [0, 0.1) is 6.92 Å². The SMILES string of the molecule is CC(=O)c1ccc(OCC(O)Cn2c(C)[n+](C)c3ccccc32)cc1. The minimum absolute atomic E-state index is 0.0226. The quantitative estimate of drug-likeness (QED) is 0.554. The van der Waals surface area contributed by atoms with E-state index in [2.05, 4.69) is 21.3 Å². The Morgan fingerprint density at radius 2 is 1.88 bits per heavy atom. The number of fused-ring (bicyclic) bond motifs is 1. The van der Waals surface area contributed by atoms with Crippen molar-refractivity contribution in [3.63, 3.8) is 0 Å². The van der Waals surface area contributed by atoms with Gasteiger partial charge in [-0.25, -0.2) is 9.13 Å². The molecule has 25 heavy (non-hydrogen) atoms. The van der Waals surface area contributed by atoms with Crippen LogP contribution in [-0.2, 0) is 13.6 Å².